The van der Waals surface area contributed by atoms with Crippen LogP contribution in [-0.4, -0.2) is 79.9 Å². The van der Waals surface area contributed by atoms with Gasteiger partial charge in [0.1, 0.15) is 24.6 Å². The third-order valence-corrected chi connectivity index (χ3v) is 12.8. The van der Waals surface area contributed by atoms with Gasteiger partial charge in [-0.05, 0) is 117 Å². The highest BCUT2D eigenvalue weighted by molar-refractivity contribution is 5.71. The second-order valence-corrected chi connectivity index (χ2v) is 16.8. The van der Waals surface area contributed by atoms with Crippen molar-refractivity contribution in [2.45, 2.75) is 140 Å². The van der Waals surface area contributed by atoms with E-state index in [9.17, 15) is 38.5 Å². The Kier molecular flexibility index (Phi) is 13.0. The number of hydrogen-bond donors (Lipinski definition) is 4. The Labute approximate surface area is 326 Å². The molecule has 10 atom stereocenters. The number of fused-ring (bicyclic) bond motifs is 1. The molecule has 0 radical (unpaired) electrons. The van der Waals surface area contributed by atoms with Gasteiger partial charge in [0.05, 0.1) is 12.2 Å². The zero-order chi connectivity index (χ0) is 40.4. The van der Waals surface area contributed by atoms with E-state index in [0.717, 1.165) is 62.8 Å². The maximum Gasteiger partial charge on any atom is 0.351 e. The molecule has 6 unspecified atom stereocenters. The quantitative estimate of drug-likeness (QED) is 0.107. The van der Waals surface area contributed by atoms with Crippen LogP contribution < -0.4 is 11.4 Å². The van der Waals surface area contributed by atoms with Crippen LogP contribution in [0.1, 0.15) is 104 Å². The number of nitrogens with two attached hydrogens (primary N) is 1. The Morgan fingerprint density at radius 1 is 1.12 bits per heavy atom. The number of ether oxygens (including phenoxy) is 3. The van der Waals surface area contributed by atoms with Gasteiger partial charge in [0, 0.05) is 25.5 Å². The fourth-order valence-corrected chi connectivity index (χ4v) is 9.45. The summed E-state index contributed by atoms with van der Waals surface area (Å²) in [4.78, 5) is 40.7. The molecule has 0 bridgehead atoms. The molecule has 0 amide bonds. The third-order valence-electron chi connectivity index (χ3n) is 12.8. The number of allylic oxidation sites excluding steroid dienone is 4. The minimum absolute atomic E-state index is 0.0717. The highest BCUT2D eigenvalue weighted by atomic mass is 19.3. The highest BCUT2D eigenvalue weighted by Gasteiger charge is 2.60. The van der Waals surface area contributed by atoms with Crippen LogP contribution in [0, 0.1) is 29.1 Å². The molecule has 308 valence electrons. The van der Waals surface area contributed by atoms with Crippen molar-refractivity contribution in [1.29, 1.82) is 0 Å². The first-order chi connectivity index (χ1) is 26.6. The van der Waals surface area contributed by atoms with E-state index < -0.39 is 54.8 Å². The van der Waals surface area contributed by atoms with Crippen LogP contribution >= 0.6 is 0 Å². The van der Waals surface area contributed by atoms with Gasteiger partial charge in [-0.2, -0.15) is 13.8 Å². The number of unbranched alkanes of at least 4 members (excludes halogenated alkanes) is 1. The molecule has 5 fully saturated rings. The van der Waals surface area contributed by atoms with Gasteiger partial charge in [-0.25, -0.2) is 4.79 Å². The number of esters is 2. The monoisotopic (exact) mass is 785 g/mol. The second-order valence-electron chi connectivity index (χ2n) is 16.8. The van der Waals surface area contributed by atoms with Crippen LogP contribution in [0.5, 0.6) is 0 Å². The van der Waals surface area contributed by atoms with Gasteiger partial charge in [-0.1, -0.05) is 44.2 Å². The summed E-state index contributed by atoms with van der Waals surface area (Å²) in [7, 11) is 0. The van der Waals surface area contributed by atoms with Crippen LogP contribution in [0.15, 0.2) is 64.7 Å². The minimum Gasteiger partial charge on any atom is -0.463 e. The average Bonchev–Trinajstić information content (AvgIpc) is 3.89. The largest absolute Gasteiger partial charge is 0.463 e. The van der Waals surface area contributed by atoms with E-state index in [-0.39, 0.29) is 36.1 Å². The summed E-state index contributed by atoms with van der Waals surface area (Å²) in [6.07, 6.45) is 11.1. The summed E-state index contributed by atoms with van der Waals surface area (Å²) < 4.78 is 46.3. The van der Waals surface area contributed by atoms with Crippen molar-refractivity contribution in [3.8, 4) is 0 Å². The Bertz CT molecular complexity index is 1770. The van der Waals surface area contributed by atoms with Crippen LogP contribution in [-0.2, 0) is 23.8 Å². The number of rotatable bonds is 14. The highest BCUT2D eigenvalue weighted by Crippen LogP contribution is 2.59. The van der Waals surface area contributed by atoms with E-state index >= 15 is 0 Å². The van der Waals surface area contributed by atoms with Gasteiger partial charge in [0.2, 0.25) is 6.23 Å². The number of aromatic nitrogens is 2. The van der Waals surface area contributed by atoms with Gasteiger partial charge in [0.25, 0.3) is 0 Å². The molecule has 2 heterocycles. The zero-order valence-electron chi connectivity index (χ0n) is 32.4. The predicted molar refractivity (Wildman–Crippen MR) is 203 cm³/mol. The molecule has 6 rings (SSSR count). The van der Waals surface area contributed by atoms with Gasteiger partial charge < -0.3 is 35.3 Å². The second kappa shape index (κ2) is 17.4. The smallest absolute Gasteiger partial charge is 0.351 e. The molecular formula is C42H57F2N3O9. The summed E-state index contributed by atoms with van der Waals surface area (Å²) in [5, 5.41) is 30.6. The number of carbonyl (C=O) groups is 2. The summed E-state index contributed by atoms with van der Waals surface area (Å²) in [6.45, 7) is 8.10. The molecule has 56 heavy (non-hydrogen) atoms. The molecule has 0 spiro atoms. The molecule has 0 aromatic carbocycles. The zero-order valence-corrected chi connectivity index (χ0v) is 32.4. The number of hydrogen-bond acceptors (Lipinski definition) is 11. The predicted octanol–water partition coefficient (Wildman–Crippen LogP) is 5.48. The number of nitrogen functional groups attached to an aromatic ring is 1. The Morgan fingerprint density at radius 3 is 2.57 bits per heavy atom. The Balaban J connectivity index is 0.940. The maximum atomic E-state index is 14.8. The van der Waals surface area contributed by atoms with Gasteiger partial charge >= 0.3 is 23.6 Å². The number of anilines is 1. The van der Waals surface area contributed by atoms with Crippen LogP contribution in [0.4, 0.5) is 14.6 Å². The number of carbonyl (C=O) groups excluding carboxylic acids is 2. The van der Waals surface area contributed by atoms with E-state index in [1.807, 2.05) is 0 Å². The molecule has 5 N–H and O–H groups in total. The topological polar surface area (TPSA) is 183 Å². The summed E-state index contributed by atoms with van der Waals surface area (Å²) in [6, 6.07) is 1.15. The lowest BCUT2D eigenvalue weighted by Gasteiger charge is -2.44. The number of halogens is 2. The minimum atomic E-state index is -3.86. The lowest BCUT2D eigenvalue weighted by molar-refractivity contribution is -0.151. The molecule has 1 saturated heterocycles. The first kappa shape index (κ1) is 41.9. The SMILES string of the molecule is C=C1/C(=C\C=C2/CCC[C@@]3(C)C2CCC3[C@@H](C)/C=C/C(OC(=O)CCCCC(=O)OCC2OC(n3ccc(N)nc3=O)C(F)(F)C2O)C2CC2)C[C@@H](O)C[C@@H]1O. The lowest BCUT2D eigenvalue weighted by atomic mass is 9.61. The Hall–Kier alpha value is -3.72. The molecular weight excluding hydrogens is 728 g/mol. The van der Waals surface area contributed by atoms with Gasteiger partial charge in [-0.15, -0.1) is 0 Å². The van der Waals surface area contributed by atoms with E-state index in [2.05, 4.69) is 49.7 Å². The van der Waals surface area contributed by atoms with E-state index in [0.29, 0.717) is 59.5 Å². The average molecular weight is 786 g/mol. The first-order valence-electron chi connectivity index (χ1n) is 20.1. The van der Waals surface area contributed by atoms with Crippen LogP contribution in [0.3, 0.4) is 0 Å². The molecule has 12 nitrogen and oxygen atoms in total. The lowest BCUT2D eigenvalue weighted by Crippen LogP contribution is -2.42. The molecule has 4 aliphatic carbocycles. The van der Waals surface area contributed by atoms with Crippen molar-refractivity contribution in [2.24, 2.45) is 29.1 Å². The summed E-state index contributed by atoms with van der Waals surface area (Å²) in [5.41, 5.74) is 7.57. The fourth-order valence-electron chi connectivity index (χ4n) is 9.45. The first-order valence-corrected chi connectivity index (χ1v) is 20.1. The molecule has 4 saturated carbocycles. The number of aliphatic hydroxyl groups is 3. The summed E-state index contributed by atoms with van der Waals surface area (Å²) in [5.74, 6) is -3.52. The van der Waals surface area contributed by atoms with Crippen molar-refractivity contribution < 1.29 is 47.9 Å². The molecule has 1 aromatic rings. The van der Waals surface area contributed by atoms with E-state index in [1.54, 1.807) is 0 Å². The number of nitrogens with zero attached hydrogens (tertiary/aromatic N) is 2. The molecule has 1 aromatic heterocycles. The van der Waals surface area contributed by atoms with Crippen LogP contribution in [0.25, 0.3) is 0 Å². The number of alkyl halides is 2. The Morgan fingerprint density at radius 2 is 1.86 bits per heavy atom. The maximum absolute atomic E-state index is 14.8. The summed E-state index contributed by atoms with van der Waals surface area (Å²) >= 11 is 0. The molecule has 5 aliphatic rings. The standard InChI is InChI=1S/C42H57F2N3O9/c1-24(30-15-16-31-26(7-6-19-41(30,31)3)11-14-28-21-29(48)22-32(49)25(28)2)10-17-33(27-12-13-27)55-37(51)9-5-4-8-36(50)54-23-34-38(52)42(43,44)39(56-34)47-20-18-35(45)46-40(47)53/h10-11,14,17-18,20,24,27,29-34,38-39,48-49,52H,2,4-9,12-13,15-16,19,21-23H2,1,3H3,(H2,45,46,53)/b17-10+,26-11+,28-14-/t24-,29+,30?,31?,32-,33?,34?,38?,39?,41+/m0/s1. The van der Waals surface area contributed by atoms with Crippen molar-refractivity contribution in [1.82, 2.24) is 9.55 Å². The van der Waals surface area contributed by atoms with E-state index in [4.69, 9.17) is 19.9 Å². The van der Waals surface area contributed by atoms with Crippen molar-refractivity contribution >= 4 is 17.8 Å². The van der Waals surface area contributed by atoms with E-state index in [1.165, 1.54) is 5.57 Å². The third kappa shape index (κ3) is 9.35. The fraction of sp³-hybridized carbons (Fsp3) is 0.667. The van der Waals surface area contributed by atoms with Crippen molar-refractivity contribution in [3.05, 3.63) is 70.3 Å². The molecule has 14 heteroatoms. The van der Waals surface area contributed by atoms with Crippen LogP contribution in [0.2, 0.25) is 0 Å². The number of aliphatic hydroxyl groups excluding tert-OH is 3. The molecule has 1 aliphatic heterocycles. The normalized spacial score (nSPS) is 34.1. The van der Waals surface area contributed by atoms with Crippen molar-refractivity contribution in [3.63, 3.8) is 0 Å². The van der Waals surface area contributed by atoms with Crippen molar-refractivity contribution in [2.75, 3.05) is 12.3 Å². The van der Waals surface area contributed by atoms with Gasteiger partial charge in [-0.3, -0.25) is 14.2 Å². The van der Waals surface area contributed by atoms with Gasteiger partial charge in [0.15, 0.2) is 6.10 Å².